The highest BCUT2D eigenvalue weighted by Gasteiger charge is 2.19. The Morgan fingerprint density at radius 1 is 0.857 bits per heavy atom. The van der Waals surface area contributed by atoms with Crippen LogP contribution in [-0.2, 0) is 6.42 Å². The molecule has 0 bridgehead atoms. The minimum Gasteiger partial charge on any atom is -0.477 e. The van der Waals surface area contributed by atoms with E-state index >= 15 is 0 Å². The zero-order chi connectivity index (χ0) is 24.1. The van der Waals surface area contributed by atoms with Crippen LogP contribution in [0.3, 0.4) is 0 Å². The fourth-order valence-electron chi connectivity index (χ4n) is 5.87. The molecular weight excluding hydrogens is 428 g/mol. The predicted octanol–water partition coefficient (Wildman–Crippen LogP) is 8.91. The van der Waals surface area contributed by atoms with Crippen LogP contribution in [-0.4, -0.2) is 16.2 Å². The van der Waals surface area contributed by atoms with Crippen molar-refractivity contribution in [1.29, 1.82) is 0 Å². The SMILES string of the molecule is CC(CCCCCOc1cc2ccccn2n1)CCC1CCCC(CCCc2ccccc2)CC1. The average Bonchev–Trinajstić information content (AvgIpc) is 3.16. The van der Waals surface area contributed by atoms with E-state index in [-0.39, 0.29) is 0 Å². The van der Waals surface area contributed by atoms with Crippen molar-refractivity contribution in [1.82, 2.24) is 9.61 Å². The summed E-state index contributed by atoms with van der Waals surface area (Å²) in [5.41, 5.74) is 2.59. The second kappa shape index (κ2) is 14.3. The molecule has 2 aromatic heterocycles. The van der Waals surface area contributed by atoms with Gasteiger partial charge in [-0.3, -0.25) is 0 Å². The Morgan fingerprint density at radius 3 is 2.49 bits per heavy atom. The maximum atomic E-state index is 5.86. The zero-order valence-electron chi connectivity index (χ0n) is 21.9. The predicted molar refractivity (Wildman–Crippen MR) is 147 cm³/mol. The van der Waals surface area contributed by atoms with Crippen molar-refractivity contribution in [2.75, 3.05) is 6.61 Å². The number of aryl methyl sites for hydroxylation is 1. The summed E-state index contributed by atoms with van der Waals surface area (Å²) >= 11 is 0. The number of fused-ring (bicyclic) bond motifs is 1. The molecule has 190 valence electrons. The Hall–Kier alpha value is -2.29. The van der Waals surface area contributed by atoms with E-state index in [1.807, 2.05) is 28.9 Å². The molecule has 0 spiro atoms. The molecule has 0 amide bonds. The molecule has 1 aromatic carbocycles. The maximum absolute atomic E-state index is 5.86. The molecule has 1 aliphatic rings. The number of ether oxygens (including phenoxy) is 1. The van der Waals surface area contributed by atoms with E-state index in [0.717, 1.165) is 42.2 Å². The van der Waals surface area contributed by atoms with Crippen molar-refractivity contribution in [2.24, 2.45) is 17.8 Å². The van der Waals surface area contributed by atoms with E-state index in [0.29, 0.717) is 0 Å². The highest BCUT2D eigenvalue weighted by Crippen LogP contribution is 2.33. The molecule has 2 heterocycles. The standard InChI is InChI=1S/C32H46N2O/c1-27(12-4-3-9-25-35-32-26-31-19-7-8-24-34(31)33-32)20-21-30-18-11-17-29(22-23-30)16-10-15-28-13-5-2-6-14-28/h2,5-8,13-14,19,24,26-27,29-30H,3-4,9-12,15-18,20-23,25H2,1H3. The van der Waals surface area contributed by atoms with E-state index in [2.05, 4.69) is 48.4 Å². The normalized spacial score (nSPS) is 19.5. The number of rotatable bonds is 14. The van der Waals surface area contributed by atoms with E-state index in [4.69, 9.17) is 4.74 Å². The van der Waals surface area contributed by atoms with Gasteiger partial charge in [0.05, 0.1) is 12.1 Å². The van der Waals surface area contributed by atoms with Crippen LogP contribution in [0, 0.1) is 17.8 Å². The van der Waals surface area contributed by atoms with Gasteiger partial charge in [0.25, 0.3) is 0 Å². The van der Waals surface area contributed by atoms with Gasteiger partial charge in [0.2, 0.25) is 5.88 Å². The first-order valence-corrected chi connectivity index (χ1v) is 14.4. The van der Waals surface area contributed by atoms with Gasteiger partial charge in [-0.15, -0.1) is 5.10 Å². The molecule has 35 heavy (non-hydrogen) atoms. The lowest BCUT2D eigenvalue weighted by Gasteiger charge is -2.18. The van der Waals surface area contributed by atoms with Gasteiger partial charge in [-0.05, 0) is 54.7 Å². The number of hydrogen-bond acceptors (Lipinski definition) is 2. The van der Waals surface area contributed by atoms with E-state index in [1.54, 1.807) is 0 Å². The third-order valence-corrected chi connectivity index (χ3v) is 8.14. The van der Waals surface area contributed by atoms with Crippen molar-refractivity contribution in [2.45, 2.75) is 96.8 Å². The molecule has 3 atom stereocenters. The largest absolute Gasteiger partial charge is 0.477 e. The summed E-state index contributed by atoms with van der Waals surface area (Å²) in [5, 5.41) is 4.46. The Kier molecular flexibility index (Phi) is 10.5. The monoisotopic (exact) mass is 474 g/mol. The summed E-state index contributed by atoms with van der Waals surface area (Å²) < 4.78 is 7.73. The van der Waals surface area contributed by atoms with Crippen LogP contribution < -0.4 is 4.74 Å². The molecule has 3 aromatic rings. The molecule has 4 rings (SSSR count). The van der Waals surface area contributed by atoms with E-state index in [1.165, 1.54) is 89.0 Å². The van der Waals surface area contributed by atoms with Crippen molar-refractivity contribution in [3.63, 3.8) is 0 Å². The minimum atomic E-state index is 0.742. The summed E-state index contributed by atoms with van der Waals surface area (Å²) in [5.74, 6) is 3.56. The first kappa shape index (κ1) is 25.8. The summed E-state index contributed by atoms with van der Waals surface area (Å²) in [6, 6.07) is 19.1. The number of pyridine rings is 1. The first-order chi connectivity index (χ1) is 17.3. The molecule has 0 N–H and O–H groups in total. The van der Waals surface area contributed by atoms with Gasteiger partial charge in [0.1, 0.15) is 0 Å². The fraction of sp³-hybridized carbons (Fsp3) is 0.594. The zero-order valence-corrected chi connectivity index (χ0v) is 21.9. The van der Waals surface area contributed by atoms with Crippen LogP contribution in [0.5, 0.6) is 5.88 Å². The third kappa shape index (κ3) is 9.02. The lowest BCUT2D eigenvalue weighted by molar-refractivity contribution is 0.288. The Labute approximate surface area is 213 Å². The molecule has 1 saturated carbocycles. The molecule has 0 aliphatic heterocycles. The second-order valence-electron chi connectivity index (χ2n) is 11.1. The number of nitrogens with zero attached hydrogens (tertiary/aromatic N) is 2. The number of hydrogen-bond donors (Lipinski definition) is 0. The molecule has 3 unspecified atom stereocenters. The highest BCUT2D eigenvalue weighted by atomic mass is 16.5. The topological polar surface area (TPSA) is 26.5 Å². The summed E-state index contributed by atoms with van der Waals surface area (Å²) in [7, 11) is 0. The van der Waals surface area contributed by atoms with E-state index < -0.39 is 0 Å². The molecule has 0 saturated heterocycles. The van der Waals surface area contributed by atoms with Crippen LogP contribution in [0.4, 0.5) is 0 Å². The van der Waals surface area contributed by atoms with Gasteiger partial charge < -0.3 is 4.74 Å². The quantitative estimate of drug-likeness (QED) is 0.172. The van der Waals surface area contributed by atoms with Gasteiger partial charge in [-0.2, -0.15) is 0 Å². The Bertz CT molecular complexity index is 933. The average molecular weight is 475 g/mol. The van der Waals surface area contributed by atoms with Gasteiger partial charge in [0, 0.05) is 12.3 Å². The minimum absolute atomic E-state index is 0.742. The smallest absolute Gasteiger partial charge is 0.233 e. The molecule has 1 aliphatic carbocycles. The number of unbranched alkanes of at least 4 members (excludes halogenated alkanes) is 2. The maximum Gasteiger partial charge on any atom is 0.233 e. The van der Waals surface area contributed by atoms with Crippen molar-refractivity contribution < 1.29 is 4.74 Å². The van der Waals surface area contributed by atoms with Gasteiger partial charge in [-0.25, -0.2) is 4.52 Å². The van der Waals surface area contributed by atoms with Crippen molar-refractivity contribution in [3.05, 3.63) is 66.4 Å². The van der Waals surface area contributed by atoms with Gasteiger partial charge in [-0.1, -0.05) is 114 Å². The van der Waals surface area contributed by atoms with Crippen LogP contribution >= 0.6 is 0 Å². The first-order valence-electron chi connectivity index (χ1n) is 14.4. The molecule has 0 radical (unpaired) electrons. The summed E-state index contributed by atoms with van der Waals surface area (Å²) in [6.07, 6.45) is 21.3. The van der Waals surface area contributed by atoms with Crippen LogP contribution in [0.1, 0.15) is 96.0 Å². The van der Waals surface area contributed by atoms with Gasteiger partial charge in [0.15, 0.2) is 0 Å². The van der Waals surface area contributed by atoms with Crippen LogP contribution in [0.25, 0.3) is 5.52 Å². The van der Waals surface area contributed by atoms with Gasteiger partial charge >= 0.3 is 0 Å². The summed E-state index contributed by atoms with van der Waals surface area (Å²) in [4.78, 5) is 0. The summed E-state index contributed by atoms with van der Waals surface area (Å²) in [6.45, 7) is 3.24. The van der Waals surface area contributed by atoms with Crippen LogP contribution in [0.15, 0.2) is 60.8 Å². The van der Waals surface area contributed by atoms with Crippen LogP contribution in [0.2, 0.25) is 0 Å². The lowest BCUT2D eigenvalue weighted by Crippen LogP contribution is -2.04. The Morgan fingerprint density at radius 2 is 1.66 bits per heavy atom. The lowest BCUT2D eigenvalue weighted by atomic mass is 9.88. The van der Waals surface area contributed by atoms with Crippen molar-refractivity contribution >= 4 is 5.52 Å². The third-order valence-electron chi connectivity index (χ3n) is 8.14. The molecule has 1 fully saturated rings. The molecule has 3 heteroatoms. The fourth-order valence-corrected chi connectivity index (χ4v) is 5.87. The van der Waals surface area contributed by atoms with E-state index in [9.17, 15) is 0 Å². The molecule has 3 nitrogen and oxygen atoms in total. The Balaban J connectivity index is 1.01. The molecular formula is C32H46N2O. The number of benzene rings is 1. The second-order valence-corrected chi connectivity index (χ2v) is 11.1. The number of aromatic nitrogens is 2. The van der Waals surface area contributed by atoms with Crippen molar-refractivity contribution in [3.8, 4) is 5.88 Å². The highest BCUT2D eigenvalue weighted by molar-refractivity contribution is 5.48.